The molecule has 18 heavy (non-hydrogen) atoms. The molecular weight excluding hydrogens is 254 g/mol. The fourth-order valence-corrected chi connectivity index (χ4v) is 1.82. The summed E-state index contributed by atoms with van der Waals surface area (Å²) in [5.74, 6) is 0.369. The van der Waals surface area contributed by atoms with Crippen molar-refractivity contribution in [1.82, 2.24) is 24.8 Å². The van der Waals surface area contributed by atoms with E-state index < -0.39 is 0 Å². The molecule has 3 aromatic heterocycles. The Morgan fingerprint density at radius 1 is 1.33 bits per heavy atom. The van der Waals surface area contributed by atoms with Crippen LogP contribution in [0, 0.1) is 6.92 Å². The lowest BCUT2D eigenvalue weighted by molar-refractivity contribution is 0.933. The normalized spacial score (nSPS) is 11.0. The first-order valence-electron chi connectivity index (χ1n) is 5.23. The van der Waals surface area contributed by atoms with Gasteiger partial charge in [0.15, 0.2) is 16.9 Å². The predicted octanol–water partition coefficient (Wildman–Crippen LogP) is 1.44. The summed E-state index contributed by atoms with van der Waals surface area (Å²) >= 11 is 5.83. The summed E-state index contributed by atoms with van der Waals surface area (Å²) < 4.78 is 1.45. The Balaban J connectivity index is 2.31. The van der Waals surface area contributed by atoms with Crippen LogP contribution in [-0.2, 0) is 0 Å². The molecule has 0 amide bonds. The van der Waals surface area contributed by atoms with Crippen molar-refractivity contribution in [1.29, 1.82) is 0 Å². The van der Waals surface area contributed by atoms with Crippen LogP contribution in [0.25, 0.3) is 17.0 Å². The van der Waals surface area contributed by atoms with Crippen molar-refractivity contribution < 1.29 is 0 Å². The fraction of sp³-hybridized carbons (Fsp3) is 0.0909. The van der Waals surface area contributed by atoms with Gasteiger partial charge in [0, 0.05) is 18.0 Å². The van der Waals surface area contributed by atoms with Crippen molar-refractivity contribution in [3.63, 3.8) is 0 Å². The van der Waals surface area contributed by atoms with Gasteiger partial charge in [-0.15, -0.1) is 10.2 Å². The topological polar surface area (TPSA) is 75.9 Å². The average molecular weight is 262 g/mol. The van der Waals surface area contributed by atoms with Crippen LogP contribution >= 0.6 is 11.6 Å². The number of nitrogens with zero attached hydrogens (tertiary/aromatic N) is 4. The van der Waals surface area contributed by atoms with Crippen molar-refractivity contribution in [2.45, 2.75) is 6.92 Å². The van der Waals surface area contributed by atoms with E-state index in [-0.39, 0.29) is 5.43 Å². The van der Waals surface area contributed by atoms with E-state index in [0.717, 1.165) is 5.69 Å². The average Bonchev–Trinajstić information content (AvgIpc) is 2.72. The van der Waals surface area contributed by atoms with E-state index in [2.05, 4.69) is 20.3 Å². The van der Waals surface area contributed by atoms with Crippen LogP contribution in [0.2, 0.25) is 5.15 Å². The maximum absolute atomic E-state index is 11.9. The van der Waals surface area contributed by atoms with Crippen molar-refractivity contribution in [2.75, 3.05) is 0 Å². The molecule has 7 heteroatoms. The number of H-pyrrole nitrogens is 1. The summed E-state index contributed by atoms with van der Waals surface area (Å²) in [6.45, 7) is 1.81. The largest absolute Gasteiger partial charge is 0.364 e. The highest BCUT2D eigenvalue weighted by Gasteiger charge is 2.12. The minimum Gasteiger partial charge on any atom is -0.364 e. The highest BCUT2D eigenvalue weighted by molar-refractivity contribution is 6.29. The Morgan fingerprint density at radius 2 is 2.17 bits per heavy atom. The lowest BCUT2D eigenvalue weighted by Crippen LogP contribution is -2.08. The molecule has 6 nitrogen and oxygen atoms in total. The number of aromatic nitrogens is 5. The SMILES string of the molecule is Cc1cc(=O)c(-c2nnc3ccc(Cl)nn23)c[nH]1. The third kappa shape index (κ3) is 1.67. The highest BCUT2D eigenvalue weighted by Crippen LogP contribution is 2.14. The molecule has 0 aliphatic heterocycles. The van der Waals surface area contributed by atoms with E-state index in [1.54, 1.807) is 18.3 Å². The molecule has 0 saturated carbocycles. The quantitative estimate of drug-likeness (QED) is 0.719. The molecule has 0 aromatic carbocycles. The second kappa shape index (κ2) is 3.92. The van der Waals surface area contributed by atoms with Crippen LogP contribution in [-0.4, -0.2) is 24.8 Å². The zero-order valence-corrected chi connectivity index (χ0v) is 10.1. The lowest BCUT2D eigenvalue weighted by Gasteiger charge is -1.99. The molecule has 0 spiro atoms. The van der Waals surface area contributed by atoms with Gasteiger partial charge in [0.1, 0.15) is 5.15 Å². The number of rotatable bonds is 1. The number of halogens is 1. The Kier molecular flexibility index (Phi) is 2.38. The molecule has 1 N–H and O–H groups in total. The zero-order valence-electron chi connectivity index (χ0n) is 9.38. The molecule has 0 saturated heterocycles. The highest BCUT2D eigenvalue weighted by atomic mass is 35.5. The Bertz CT molecular complexity index is 791. The third-order valence-electron chi connectivity index (χ3n) is 2.53. The first-order valence-corrected chi connectivity index (χ1v) is 5.60. The summed E-state index contributed by atoms with van der Waals surface area (Å²) in [5.41, 5.74) is 1.59. The Morgan fingerprint density at radius 3 is 2.94 bits per heavy atom. The molecule has 0 unspecified atom stereocenters. The first kappa shape index (κ1) is 10.9. The Labute approximate surface area is 106 Å². The van der Waals surface area contributed by atoms with Crippen LogP contribution in [0.4, 0.5) is 0 Å². The van der Waals surface area contributed by atoms with Crippen LogP contribution in [0.3, 0.4) is 0 Å². The number of fused-ring (bicyclic) bond motifs is 1. The van der Waals surface area contributed by atoms with E-state index in [4.69, 9.17) is 11.6 Å². The van der Waals surface area contributed by atoms with Crippen molar-refractivity contribution in [3.05, 3.63) is 45.5 Å². The van der Waals surface area contributed by atoms with E-state index in [1.165, 1.54) is 10.6 Å². The van der Waals surface area contributed by atoms with Crippen LogP contribution < -0.4 is 5.43 Å². The van der Waals surface area contributed by atoms with Crippen LogP contribution in [0.1, 0.15) is 5.69 Å². The molecule has 0 radical (unpaired) electrons. The van der Waals surface area contributed by atoms with Crippen molar-refractivity contribution in [2.24, 2.45) is 0 Å². The van der Waals surface area contributed by atoms with E-state index >= 15 is 0 Å². The summed E-state index contributed by atoms with van der Waals surface area (Å²) in [6, 6.07) is 4.81. The molecule has 0 aliphatic rings. The summed E-state index contributed by atoms with van der Waals surface area (Å²) in [7, 11) is 0. The summed E-state index contributed by atoms with van der Waals surface area (Å²) in [5, 5.41) is 12.3. The van der Waals surface area contributed by atoms with Crippen molar-refractivity contribution >= 4 is 17.2 Å². The number of hydrogen-bond acceptors (Lipinski definition) is 4. The minimum atomic E-state index is -0.137. The zero-order chi connectivity index (χ0) is 12.7. The van der Waals surface area contributed by atoms with Gasteiger partial charge in [-0.3, -0.25) is 4.79 Å². The van der Waals surface area contributed by atoms with Crippen LogP contribution in [0.15, 0.2) is 29.2 Å². The monoisotopic (exact) mass is 261 g/mol. The molecule has 3 rings (SSSR count). The lowest BCUT2D eigenvalue weighted by atomic mass is 10.2. The summed E-state index contributed by atoms with van der Waals surface area (Å²) in [4.78, 5) is 14.9. The van der Waals surface area contributed by atoms with Gasteiger partial charge in [-0.05, 0) is 19.1 Å². The van der Waals surface area contributed by atoms with Gasteiger partial charge >= 0.3 is 0 Å². The molecule has 0 atom stereocenters. The maximum Gasteiger partial charge on any atom is 0.192 e. The molecule has 90 valence electrons. The van der Waals surface area contributed by atoms with Crippen molar-refractivity contribution in [3.8, 4) is 11.4 Å². The second-order valence-electron chi connectivity index (χ2n) is 3.84. The molecule has 0 aliphatic carbocycles. The Hall–Kier alpha value is -2.21. The van der Waals surface area contributed by atoms with Gasteiger partial charge in [-0.1, -0.05) is 11.6 Å². The first-order chi connectivity index (χ1) is 8.65. The van der Waals surface area contributed by atoms with E-state index in [1.807, 2.05) is 6.92 Å². The van der Waals surface area contributed by atoms with Gasteiger partial charge in [0.2, 0.25) is 0 Å². The number of aromatic amines is 1. The fourth-order valence-electron chi connectivity index (χ4n) is 1.68. The second-order valence-corrected chi connectivity index (χ2v) is 4.23. The van der Waals surface area contributed by atoms with Gasteiger partial charge < -0.3 is 4.98 Å². The third-order valence-corrected chi connectivity index (χ3v) is 2.73. The van der Waals surface area contributed by atoms with Gasteiger partial charge in [0.25, 0.3) is 0 Å². The van der Waals surface area contributed by atoms with Gasteiger partial charge in [0.05, 0.1) is 5.56 Å². The van der Waals surface area contributed by atoms with Crippen LogP contribution in [0.5, 0.6) is 0 Å². The molecular formula is C11H8ClN5O. The predicted molar refractivity (Wildman–Crippen MR) is 66.6 cm³/mol. The molecule has 3 heterocycles. The molecule has 0 fully saturated rings. The molecule has 3 aromatic rings. The number of nitrogens with one attached hydrogen (secondary N) is 1. The number of aryl methyl sites for hydroxylation is 1. The van der Waals surface area contributed by atoms with Gasteiger partial charge in [-0.25, -0.2) is 0 Å². The molecule has 0 bridgehead atoms. The standard InChI is InChI=1S/C11H8ClN5O/c1-6-4-8(18)7(5-13-6)11-15-14-10-3-2-9(12)16-17(10)11/h2-5H,1H3,(H,13,18). The summed E-state index contributed by atoms with van der Waals surface area (Å²) in [6.07, 6.45) is 1.59. The van der Waals surface area contributed by atoms with E-state index in [0.29, 0.717) is 22.2 Å². The number of pyridine rings is 1. The smallest absolute Gasteiger partial charge is 0.192 e. The minimum absolute atomic E-state index is 0.137. The maximum atomic E-state index is 11.9. The number of hydrogen-bond donors (Lipinski definition) is 1. The van der Waals surface area contributed by atoms with E-state index in [9.17, 15) is 4.79 Å². The van der Waals surface area contributed by atoms with Gasteiger partial charge in [-0.2, -0.15) is 9.61 Å².